The molecule has 3 heterocycles. The van der Waals surface area contributed by atoms with E-state index in [2.05, 4.69) is 18.7 Å². The van der Waals surface area contributed by atoms with Gasteiger partial charge < -0.3 is 4.90 Å². The fraction of sp³-hybridized carbons (Fsp3) is 0.478. The highest BCUT2D eigenvalue weighted by molar-refractivity contribution is 7.91. The van der Waals surface area contributed by atoms with Crippen LogP contribution in [0.5, 0.6) is 0 Å². The fourth-order valence-corrected chi connectivity index (χ4v) is 8.14. The lowest BCUT2D eigenvalue weighted by atomic mass is 9.98. The van der Waals surface area contributed by atoms with Crippen molar-refractivity contribution in [3.8, 4) is 0 Å². The number of carbonyl (C=O) groups is 1. The van der Waals surface area contributed by atoms with Crippen LogP contribution in [-0.2, 0) is 14.8 Å². The molecule has 1 saturated heterocycles. The quantitative estimate of drug-likeness (QED) is 0.390. The van der Waals surface area contributed by atoms with E-state index in [-0.39, 0.29) is 12.5 Å². The van der Waals surface area contributed by atoms with Crippen LogP contribution in [0.1, 0.15) is 26.7 Å². The van der Waals surface area contributed by atoms with Crippen molar-refractivity contribution in [2.75, 3.05) is 44.2 Å². The summed E-state index contributed by atoms with van der Waals surface area (Å²) in [5.74, 6) is -0.473. The molecule has 0 spiro atoms. The monoisotopic (exact) mass is 540 g/mol. The van der Waals surface area contributed by atoms with Crippen LogP contribution in [0, 0.1) is 5.92 Å². The maximum absolute atomic E-state index is 13.8. The molecule has 2 aromatic heterocycles. The van der Waals surface area contributed by atoms with Crippen molar-refractivity contribution < 1.29 is 13.2 Å². The number of thiophene rings is 1. The van der Waals surface area contributed by atoms with Crippen LogP contribution < -0.4 is 4.90 Å². The summed E-state index contributed by atoms with van der Waals surface area (Å²) >= 11 is 8.81. The van der Waals surface area contributed by atoms with E-state index in [1.54, 1.807) is 28.5 Å². The lowest BCUT2D eigenvalue weighted by Crippen LogP contribution is -2.48. The van der Waals surface area contributed by atoms with Gasteiger partial charge in [0.15, 0.2) is 5.13 Å². The van der Waals surface area contributed by atoms with Gasteiger partial charge in [-0.1, -0.05) is 42.9 Å². The zero-order valence-electron chi connectivity index (χ0n) is 19.3. The van der Waals surface area contributed by atoms with Gasteiger partial charge in [0.05, 0.1) is 16.1 Å². The van der Waals surface area contributed by atoms with E-state index >= 15 is 0 Å². The van der Waals surface area contributed by atoms with Crippen LogP contribution in [-0.4, -0.2) is 67.8 Å². The molecule has 3 aromatic rings. The molecule has 1 aliphatic rings. The Labute approximate surface area is 214 Å². The summed E-state index contributed by atoms with van der Waals surface area (Å²) < 4.78 is 28.9. The molecule has 184 valence electrons. The van der Waals surface area contributed by atoms with Crippen molar-refractivity contribution in [1.29, 1.82) is 0 Å². The number of halogens is 1. The van der Waals surface area contributed by atoms with Gasteiger partial charge in [0.1, 0.15) is 4.21 Å². The Morgan fingerprint density at radius 3 is 2.74 bits per heavy atom. The fourth-order valence-electron chi connectivity index (χ4n) is 4.20. The standard InChI is InChI=1S/C23H29ClN4O3S3/c1-3-26(4-2)12-13-28(23-25-19-10-9-18(24)15-20(19)33-23)22(29)17-7-5-11-27(16-17)34(30,31)21-8-6-14-32-21/h6,8-10,14-15,17H,3-5,7,11-13,16H2,1-2H3. The molecule has 1 amide bonds. The van der Waals surface area contributed by atoms with Crippen molar-refractivity contribution in [1.82, 2.24) is 14.2 Å². The summed E-state index contributed by atoms with van der Waals surface area (Å²) in [4.78, 5) is 22.6. The molecule has 34 heavy (non-hydrogen) atoms. The highest BCUT2D eigenvalue weighted by Gasteiger charge is 2.36. The topological polar surface area (TPSA) is 73.8 Å². The van der Waals surface area contributed by atoms with E-state index in [0.29, 0.717) is 40.3 Å². The zero-order chi connectivity index (χ0) is 24.3. The zero-order valence-corrected chi connectivity index (χ0v) is 22.5. The van der Waals surface area contributed by atoms with Gasteiger partial charge in [-0.05, 0) is 55.6 Å². The highest BCUT2D eigenvalue weighted by Crippen LogP contribution is 2.33. The Morgan fingerprint density at radius 2 is 2.03 bits per heavy atom. The first-order valence-electron chi connectivity index (χ1n) is 11.5. The van der Waals surface area contributed by atoms with Crippen LogP contribution >= 0.6 is 34.3 Å². The summed E-state index contributed by atoms with van der Waals surface area (Å²) in [6.45, 7) is 7.84. The van der Waals surface area contributed by atoms with Gasteiger partial charge in [0.2, 0.25) is 5.91 Å². The maximum Gasteiger partial charge on any atom is 0.252 e. The van der Waals surface area contributed by atoms with Crippen LogP contribution in [0.15, 0.2) is 39.9 Å². The highest BCUT2D eigenvalue weighted by atomic mass is 35.5. The first-order valence-corrected chi connectivity index (χ1v) is 15.0. The van der Waals surface area contributed by atoms with Gasteiger partial charge >= 0.3 is 0 Å². The van der Waals surface area contributed by atoms with Gasteiger partial charge in [0.25, 0.3) is 10.0 Å². The van der Waals surface area contributed by atoms with Gasteiger partial charge in [-0.25, -0.2) is 13.4 Å². The molecule has 0 bridgehead atoms. The molecular formula is C23H29ClN4O3S3. The number of aromatic nitrogens is 1. The molecule has 11 heteroatoms. The minimum absolute atomic E-state index is 0.0663. The summed E-state index contributed by atoms with van der Waals surface area (Å²) in [7, 11) is -3.59. The predicted octanol–water partition coefficient (Wildman–Crippen LogP) is 4.79. The molecule has 0 saturated carbocycles. The van der Waals surface area contributed by atoms with Crippen LogP contribution in [0.25, 0.3) is 10.2 Å². The van der Waals surface area contributed by atoms with E-state index in [1.807, 2.05) is 12.1 Å². The molecule has 0 N–H and O–H groups in total. The van der Waals surface area contributed by atoms with Crippen LogP contribution in [0.4, 0.5) is 5.13 Å². The number of amides is 1. The number of thiazole rings is 1. The second-order valence-electron chi connectivity index (χ2n) is 8.26. The van der Waals surface area contributed by atoms with Crippen molar-refractivity contribution in [2.24, 2.45) is 5.92 Å². The smallest absolute Gasteiger partial charge is 0.252 e. The molecule has 7 nitrogen and oxygen atoms in total. The van der Waals surface area contributed by atoms with E-state index in [1.165, 1.54) is 27.0 Å². The SMILES string of the molecule is CCN(CC)CCN(C(=O)C1CCCN(S(=O)(=O)c2cccs2)C1)c1nc2ccc(Cl)cc2s1. The second kappa shape index (κ2) is 11.0. The van der Waals surface area contributed by atoms with Gasteiger partial charge in [-0.3, -0.25) is 9.69 Å². The average molecular weight is 541 g/mol. The van der Waals surface area contributed by atoms with E-state index in [4.69, 9.17) is 16.6 Å². The minimum atomic E-state index is -3.59. The first kappa shape index (κ1) is 25.5. The normalized spacial score (nSPS) is 17.5. The predicted molar refractivity (Wildman–Crippen MR) is 141 cm³/mol. The first-order chi connectivity index (χ1) is 16.3. The number of anilines is 1. The summed E-state index contributed by atoms with van der Waals surface area (Å²) in [5, 5.41) is 3.02. The third kappa shape index (κ3) is 5.47. The Morgan fingerprint density at radius 1 is 1.24 bits per heavy atom. The third-order valence-electron chi connectivity index (χ3n) is 6.19. The van der Waals surface area contributed by atoms with E-state index in [0.717, 1.165) is 29.9 Å². The van der Waals surface area contributed by atoms with Crippen molar-refractivity contribution in [3.05, 3.63) is 40.7 Å². The number of sulfonamides is 1. The molecule has 1 atom stereocenters. The van der Waals surface area contributed by atoms with Crippen LogP contribution in [0.3, 0.4) is 0 Å². The largest absolute Gasteiger partial charge is 0.302 e. The number of hydrogen-bond donors (Lipinski definition) is 0. The lowest BCUT2D eigenvalue weighted by molar-refractivity contribution is -0.123. The van der Waals surface area contributed by atoms with Gasteiger partial charge in [-0.15, -0.1) is 11.3 Å². The molecular weight excluding hydrogens is 512 g/mol. The molecule has 1 aliphatic heterocycles. The second-order valence-corrected chi connectivity index (χ2v) is 12.8. The third-order valence-corrected chi connectivity index (χ3v) is 10.7. The summed E-state index contributed by atoms with van der Waals surface area (Å²) in [5.41, 5.74) is 0.801. The van der Waals surface area contributed by atoms with Crippen molar-refractivity contribution in [3.63, 3.8) is 0 Å². The number of fused-ring (bicyclic) bond motifs is 1. The summed E-state index contributed by atoms with van der Waals surface area (Å²) in [6, 6.07) is 8.87. The molecule has 1 unspecified atom stereocenters. The van der Waals surface area contributed by atoms with Crippen LogP contribution in [0.2, 0.25) is 5.02 Å². The Balaban J connectivity index is 1.60. The van der Waals surface area contributed by atoms with Gasteiger partial charge in [0, 0.05) is 31.2 Å². The van der Waals surface area contributed by atoms with Crippen molar-refractivity contribution >= 4 is 65.6 Å². The average Bonchev–Trinajstić information content (AvgIpc) is 3.52. The van der Waals surface area contributed by atoms with E-state index < -0.39 is 15.9 Å². The molecule has 1 aromatic carbocycles. The number of hydrogen-bond acceptors (Lipinski definition) is 7. The maximum atomic E-state index is 13.8. The molecule has 0 radical (unpaired) electrons. The molecule has 0 aliphatic carbocycles. The minimum Gasteiger partial charge on any atom is -0.302 e. The number of carbonyl (C=O) groups excluding carboxylic acids is 1. The number of nitrogens with zero attached hydrogens (tertiary/aromatic N) is 4. The van der Waals surface area contributed by atoms with Crippen molar-refractivity contribution in [2.45, 2.75) is 30.9 Å². The molecule has 1 fully saturated rings. The Hall–Kier alpha value is -1.56. The molecule has 4 rings (SSSR count). The number of likely N-dealkylation sites (N-methyl/N-ethyl adjacent to an activating group) is 1. The lowest BCUT2D eigenvalue weighted by Gasteiger charge is -2.34. The Bertz CT molecular complexity index is 1230. The number of rotatable bonds is 9. The number of benzene rings is 1. The summed E-state index contributed by atoms with van der Waals surface area (Å²) in [6.07, 6.45) is 1.31. The van der Waals surface area contributed by atoms with E-state index in [9.17, 15) is 13.2 Å². The van der Waals surface area contributed by atoms with Gasteiger partial charge in [-0.2, -0.15) is 4.31 Å². The number of piperidine rings is 1. The Kier molecular flexibility index (Phi) is 8.27.